The third-order valence-electron chi connectivity index (χ3n) is 5.70. The average Bonchev–Trinajstić information content (AvgIpc) is 2.79. The third kappa shape index (κ3) is 9.48. The van der Waals surface area contributed by atoms with Gasteiger partial charge in [-0.25, -0.2) is 0 Å². The summed E-state index contributed by atoms with van der Waals surface area (Å²) in [5.74, 6) is -1.77. The molecule has 6 N–H and O–H groups in total. The second kappa shape index (κ2) is 13.7. The van der Waals surface area contributed by atoms with Crippen molar-refractivity contribution in [3.63, 3.8) is 0 Å². The van der Waals surface area contributed by atoms with Crippen molar-refractivity contribution in [3.05, 3.63) is 35.9 Å². The van der Waals surface area contributed by atoms with Crippen LogP contribution in [0.1, 0.15) is 51.5 Å². The van der Waals surface area contributed by atoms with Crippen LogP contribution in [-0.2, 0) is 25.6 Å². The van der Waals surface area contributed by atoms with Gasteiger partial charge in [-0.3, -0.25) is 19.2 Å². The number of carbonyl (C=O) groups excluding carboxylic acids is 4. The maximum atomic E-state index is 12.9. The van der Waals surface area contributed by atoms with Gasteiger partial charge < -0.3 is 31.5 Å². The van der Waals surface area contributed by atoms with Gasteiger partial charge in [-0.05, 0) is 38.7 Å². The zero-order valence-corrected chi connectivity index (χ0v) is 19.8. The Hall–Kier alpha value is -2.98. The van der Waals surface area contributed by atoms with Gasteiger partial charge in [0.05, 0.1) is 12.2 Å². The molecule has 0 saturated carbocycles. The van der Waals surface area contributed by atoms with Gasteiger partial charge >= 0.3 is 0 Å². The number of hydrogen-bond donors (Lipinski definition) is 6. The van der Waals surface area contributed by atoms with Crippen LogP contribution in [0.5, 0.6) is 0 Å². The van der Waals surface area contributed by atoms with Crippen molar-refractivity contribution < 1.29 is 29.4 Å². The van der Waals surface area contributed by atoms with Gasteiger partial charge in [0.2, 0.25) is 23.6 Å². The van der Waals surface area contributed by atoms with E-state index in [-0.39, 0.29) is 44.2 Å². The lowest BCUT2D eigenvalue weighted by Gasteiger charge is -2.27. The van der Waals surface area contributed by atoms with Crippen LogP contribution in [0, 0.1) is 0 Å². The zero-order valence-electron chi connectivity index (χ0n) is 19.8. The van der Waals surface area contributed by atoms with E-state index >= 15 is 0 Å². The second-order valence-electron chi connectivity index (χ2n) is 8.81. The molecule has 4 amide bonds. The molecular formula is C24H36N4O6. The predicted molar refractivity (Wildman–Crippen MR) is 125 cm³/mol. The molecule has 1 fully saturated rings. The monoisotopic (exact) mass is 476 g/mol. The maximum Gasteiger partial charge on any atom is 0.245 e. The van der Waals surface area contributed by atoms with E-state index in [9.17, 15) is 29.4 Å². The smallest absolute Gasteiger partial charge is 0.245 e. The standard InChI is InChI=1S/C24H36N4O6/c1-15-8-10-20(31)25-13-12-18(30)14-19(23(33)26-15)27-24(34)22(16(2)29)28-21(32)11-9-17-6-4-3-5-7-17/h3-7,15-16,18-19,22,29-30H,8-14H2,1-2H3,(H,25,31)(H,26,33)(H,27,34)(H,28,32)/t15-,16+,18-,19-,22-/m0/s1. The summed E-state index contributed by atoms with van der Waals surface area (Å²) in [6.45, 7) is 3.38. The summed E-state index contributed by atoms with van der Waals surface area (Å²) >= 11 is 0. The molecule has 1 aliphatic rings. The summed E-state index contributed by atoms with van der Waals surface area (Å²) in [5, 5.41) is 31.0. The topological polar surface area (TPSA) is 157 Å². The number of carbonyl (C=O) groups is 4. The van der Waals surface area contributed by atoms with Crippen LogP contribution in [0.4, 0.5) is 0 Å². The molecule has 0 radical (unpaired) electrons. The molecule has 10 nitrogen and oxygen atoms in total. The minimum Gasteiger partial charge on any atom is -0.393 e. The Morgan fingerprint density at radius 3 is 2.56 bits per heavy atom. The fourth-order valence-corrected chi connectivity index (χ4v) is 3.67. The number of aliphatic hydroxyl groups is 2. The molecule has 0 bridgehead atoms. The van der Waals surface area contributed by atoms with Crippen LogP contribution in [-0.4, -0.2) is 70.7 Å². The first-order valence-electron chi connectivity index (χ1n) is 11.7. The van der Waals surface area contributed by atoms with Crippen LogP contribution in [0.25, 0.3) is 0 Å². The Balaban J connectivity index is 2.01. The van der Waals surface area contributed by atoms with E-state index in [0.717, 1.165) is 5.56 Å². The molecule has 0 spiro atoms. The van der Waals surface area contributed by atoms with Crippen molar-refractivity contribution in [2.75, 3.05) is 6.54 Å². The highest BCUT2D eigenvalue weighted by atomic mass is 16.3. The fraction of sp³-hybridized carbons (Fsp3) is 0.583. The molecule has 2 rings (SSSR count). The lowest BCUT2D eigenvalue weighted by atomic mass is 10.0. The van der Waals surface area contributed by atoms with E-state index in [1.54, 1.807) is 6.92 Å². The lowest BCUT2D eigenvalue weighted by Crippen LogP contribution is -2.58. The number of aryl methyl sites for hydroxylation is 1. The highest BCUT2D eigenvalue weighted by Gasteiger charge is 2.31. The van der Waals surface area contributed by atoms with E-state index in [1.165, 1.54) is 6.92 Å². The molecule has 1 aromatic rings. The predicted octanol–water partition coefficient (Wildman–Crippen LogP) is -0.475. The van der Waals surface area contributed by atoms with Crippen molar-refractivity contribution in [1.29, 1.82) is 0 Å². The van der Waals surface area contributed by atoms with Crippen molar-refractivity contribution >= 4 is 23.6 Å². The Bertz CT molecular complexity index is 832. The van der Waals surface area contributed by atoms with E-state index in [2.05, 4.69) is 21.3 Å². The zero-order chi connectivity index (χ0) is 25.1. The SMILES string of the molecule is C[C@H]1CCC(=O)NCC[C@H](O)C[C@H](NC(=O)[C@@H](NC(=O)CCc2ccccc2)[C@@H](C)O)C(=O)N1. The Labute approximate surface area is 199 Å². The first-order chi connectivity index (χ1) is 16.2. The molecule has 0 aliphatic carbocycles. The first kappa shape index (κ1) is 27.3. The van der Waals surface area contributed by atoms with Gasteiger partial charge in [0.15, 0.2) is 0 Å². The minimum absolute atomic E-state index is 0.0748. The molecule has 1 saturated heterocycles. The van der Waals surface area contributed by atoms with E-state index < -0.39 is 42.0 Å². The molecule has 1 aromatic carbocycles. The van der Waals surface area contributed by atoms with Crippen LogP contribution in [0.3, 0.4) is 0 Å². The van der Waals surface area contributed by atoms with E-state index in [4.69, 9.17) is 0 Å². The number of hydrogen-bond acceptors (Lipinski definition) is 6. The van der Waals surface area contributed by atoms with E-state index in [0.29, 0.717) is 12.8 Å². The van der Waals surface area contributed by atoms with Gasteiger partial charge in [-0.2, -0.15) is 0 Å². The van der Waals surface area contributed by atoms with Crippen molar-refractivity contribution in [2.45, 2.75) is 82.7 Å². The molecule has 1 heterocycles. The van der Waals surface area contributed by atoms with E-state index in [1.807, 2.05) is 30.3 Å². The lowest BCUT2D eigenvalue weighted by molar-refractivity contribution is -0.135. The number of amides is 4. The summed E-state index contributed by atoms with van der Waals surface area (Å²) in [7, 11) is 0. The molecule has 0 aromatic heterocycles. The average molecular weight is 477 g/mol. The van der Waals surface area contributed by atoms with Gasteiger partial charge in [0.25, 0.3) is 0 Å². The Kier molecular flexibility index (Phi) is 11.0. The van der Waals surface area contributed by atoms with Crippen LogP contribution in [0.15, 0.2) is 30.3 Å². The molecule has 34 heavy (non-hydrogen) atoms. The number of aliphatic hydroxyl groups excluding tert-OH is 2. The number of nitrogens with one attached hydrogen (secondary N) is 4. The van der Waals surface area contributed by atoms with Gasteiger partial charge in [0.1, 0.15) is 12.1 Å². The number of rotatable bonds is 7. The number of benzene rings is 1. The normalized spacial score (nSPS) is 23.8. The summed E-state index contributed by atoms with van der Waals surface area (Å²) in [4.78, 5) is 49.9. The third-order valence-corrected chi connectivity index (χ3v) is 5.70. The first-order valence-corrected chi connectivity index (χ1v) is 11.7. The highest BCUT2D eigenvalue weighted by Crippen LogP contribution is 2.08. The molecule has 5 atom stereocenters. The quantitative estimate of drug-likeness (QED) is 0.312. The highest BCUT2D eigenvalue weighted by molar-refractivity contribution is 5.92. The summed E-state index contributed by atoms with van der Waals surface area (Å²) < 4.78 is 0. The Morgan fingerprint density at radius 1 is 1.18 bits per heavy atom. The largest absolute Gasteiger partial charge is 0.393 e. The van der Waals surface area contributed by atoms with Crippen molar-refractivity contribution in [3.8, 4) is 0 Å². The molecular weight excluding hydrogens is 440 g/mol. The molecule has 10 heteroatoms. The van der Waals surface area contributed by atoms with Crippen LogP contribution < -0.4 is 21.3 Å². The Morgan fingerprint density at radius 2 is 1.88 bits per heavy atom. The van der Waals surface area contributed by atoms with Crippen LogP contribution in [0.2, 0.25) is 0 Å². The van der Waals surface area contributed by atoms with Crippen molar-refractivity contribution in [1.82, 2.24) is 21.3 Å². The fourth-order valence-electron chi connectivity index (χ4n) is 3.67. The maximum absolute atomic E-state index is 12.9. The van der Waals surface area contributed by atoms with Gasteiger partial charge in [-0.15, -0.1) is 0 Å². The molecule has 1 aliphatic heterocycles. The summed E-state index contributed by atoms with van der Waals surface area (Å²) in [6, 6.07) is 6.77. The minimum atomic E-state index is -1.26. The molecule has 188 valence electrons. The van der Waals surface area contributed by atoms with Gasteiger partial charge in [0, 0.05) is 31.8 Å². The summed E-state index contributed by atoms with van der Waals surface area (Å²) in [5.41, 5.74) is 0.972. The second-order valence-corrected chi connectivity index (χ2v) is 8.81. The van der Waals surface area contributed by atoms with Crippen molar-refractivity contribution in [2.24, 2.45) is 0 Å². The van der Waals surface area contributed by atoms with Gasteiger partial charge in [-0.1, -0.05) is 30.3 Å². The van der Waals surface area contributed by atoms with Crippen LogP contribution >= 0.6 is 0 Å². The molecule has 0 unspecified atom stereocenters. The summed E-state index contributed by atoms with van der Waals surface area (Å²) in [6.07, 6.45) is -0.738.